The molecule has 0 aromatic carbocycles. The minimum absolute atomic E-state index is 0.0708. The van der Waals surface area contributed by atoms with Crippen LogP contribution in [0, 0.1) is 41.5 Å². The fourth-order valence-electron chi connectivity index (χ4n) is 6.74. The Morgan fingerprint density at radius 1 is 1.29 bits per heavy atom. The number of aromatic nitrogens is 1. The molecule has 1 amide bonds. The molecule has 0 spiro atoms. The number of rotatable bonds is 2. The third-order valence-corrected chi connectivity index (χ3v) is 6.99. The van der Waals surface area contributed by atoms with Gasteiger partial charge in [0.2, 0.25) is 5.95 Å². The summed E-state index contributed by atoms with van der Waals surface area (Å²) < 4.78 is 13.7. The minimum atomic E-state index is -0.672. The highest BCUT2D eigenvalue weighted by atomic mass is 19.1. The van der Waals surface area contributed by atoms with Gasteiger partial charge in [-0.3, -0.25) is 4.79 Å². The number of amides is 1. The second-order valence-corrected chi connectivity index (χ2v) is 7.33. The topological polar surface area (TPSA) is 42.0 Å². The normalized spacial score (nSPS) is 46.4. The van der Waals surface area contributed by atoms with E-state index in [4.69, 9.17) is 0 Å². The van der Waals surface area contributed by atoms with Crippen LogP contribution in [0.2, 0.25) is 0 Å². The van der Waals surface area contributed by atoms with Crippen molar-refractivity contribution in [1.29, 1.82) is 0 Å². The monoisotopic (exact) mass is 282 g/mol. The van der Waals surface area contributed by atoms with Gasteiger partial charge in [0, 0.05) is 6.20 Å². The lowest BCUT2D eigenvalue weighted by Gasteiger charge is -2.28. The molecule has 4 fully saturated rings. The lowest BCUT2D eigenvalue weighted by atomic mass is 9.75. The molecular weight excluding hydrogens is 267 g/mol. The van der Waals surface area contributed by atoms with Crippen molar-refractivity contribution in [2.75, 3.05) is 0 Å². The lowest BCUT2D eigenvalue weighted by molar-refractivity contribution is 0.0924. The van der Waals surface area contributed by atoms with Crippen LogP contribution >= 0.6 is 0 Å². The molecular formula is C17H15FN2O. The summed E-state index contributed by atoms with van der Waals surface area (Å²) in [6, 6.07) is 3.31. The SMILES string of the molecule is O=C(NC1C2=C3CC4C2C2C[C@H]4C3C12)c1cccnc1F. The Kier molecular flexibility index (Phi) is 1.67. The minimum Gasteiger partial charge on any atom is -0.345 e. The average Bonchev–Trinajstić information content (AvgIpc) is 3.18. The molecule has 6 aliphatic carbocycles. The summed E-state index contributed by atoms with van der Waals surface area (Å²) >= 11 is 0. The zero-order valence-corrected chi connectivity index (χ0v) is 11.4. The van der Waals surface area contributed by atoms with Gasteiger partial charge in [-0.1, -0.05) is 5.57 Å². The third-order valence-electron chi connectivity index (χ3n) is 6.99. The molecule has 6 unspecified atom stereocenters. The molecule has 1 heterocycles. The van der Waals surface area contributed by atoms with E-state index in [0.29, 0.717) is 5.92 Å². The molecule has 6 bridgehead atoms. The smallest absolute Gasteiger partial charge is 0.256 e. The maximum Gasteiger partial charge on any atom is 0.256 e. The van der Waals surface area contributed by atoms with Gasteiger partial charge in [0.15, 0.2) is 0 Å². The standard InChI is InChI=1S/C17H15FN2O/c18-16-6(2-1-3-19-16)17(21)20-15-13-9-4-7-8-5-10(11(7)13)14(15)12(8)9/h1-3,7-9,11-13,15H,4-5H2,(H,20,21)/t7-,8?,9?,11?,12?,13?,15?/m1/s1. The zero-order valence-electron chi connectivity index (χ0n) is 11.4. The molecule has 106 valence electrons. The molecule has 21 heavy (non-hydrogen) atoms. The molecule has 7 rings (SSSR count). The highest BCUT2D eigenvalue weighted by molar-refractivity contribution is 5.94. The van der Waals surface area contributed by atoms with E-state index < -0.39 is 5.95 Å². The second-order valence-electron chi connectivity index (χ2n) is 7.33. The Morgan fingerprint density at radius 2 is 2.19 bits per heavy atom. The number of hydrogen-bond donors (Lipinski definition) is 1. The van der Waals surface area contributed by atoms with Crippen LogP contribution in [0.5, 0.6) is 0 Å². The predicted octanol–water partition coefficient (Wildman–Crippen LogP) is 2.16. The Labute approximate surface area is 121 Å². The summed E-state index contributed by atoms with van der Waals surface area (Å²) in [6.45, 7) is 0. The molecule has 6 aliphatic rings. The Balaban J connectivity index is 1.36. The van der Waals surface area contributed by atoms with Gasteiger partial charge >= 0.3 is 0 Å². The first-order valence-electron chi connectivity index (χ1n) is 7.90. The van der Waals surface area contributed by atoms with E-state index in [1.807, 2.05) is 0 Å². The van der Waals surface area contributed by atoms with Crippen LogP contribution in [0.1, 0.15) is 23.2 Å². The van der Waals surface area contributed by atoms with Crippen LogP contribution in [0.15, 0.2) is 29.5 Å². The van der Waals surface area contributed by atoms with E-state index in [9.17, 15) is 9.18 Å². The molecule has 3 nitrogen and oxygen atoms in total. The van der Waals surface area contributed by atoms with Crippen LogP contribution in [-0.2, 0) is 0 Å². The first-order chi connectivity index (χ1) is 10.3. The van der Waals surface area contributed by atoms with Gasteiger partial charge in [-0.05, 0) is 66.1 Å². The van der Waals surface area contributed by atoms with Crippen LogP contribution in [-0.4, -0.2) is 16.9 Å². The molecule has 1 aromatic rings. The van der Waals surface area contributed by atoms with Crippen LogP contribution in [0.3, 0.4) is 0 Å². The summed E-state index contributed by atoms with van der Waals surface area (Å²) in [5.74, 6) is 3.75. The van der Waals surface area contributed by atoms with Crippen molar-refractivity contribution in [1.82, 2.24) is 10.3 Å². The number of carbonyl (C=O) groups is 1. The Morgan fingerprint density at radius 3 is 3.00 bits per heavy atom. The van der Waals surface area contributed by atoms with E-state index >= 15 is 0 Å². The fraction of sp³-hybridized carbons (Fsp3) is 0.529. The number of carbonyl (C=O) groups excluding carboxylic acids is 1. The van der Waals surface area contributed by atoms with Crippen molar-refractivity contribution in [3.63, 3.8) is 0 Å². The van der Waals surface area contributed by atoms with Crippen LogP contribution in [0.25, 0.3) is 0 Å². The first kappa shape index (κ1) is 10.9. The van der Waals surface area contributed by atoms with Gasteiger partial charge in [-0.2, -0.15) is 4.39 Å². The quantitative estimate of drug-likeness (QED) is 0.667. The number of allylic oxidation sites excluding steroid dienone is 1. The molecule has 1 N–H and O–H groups in total. The summed E-state index contributed by atoms with van der Waals surface area (Å²) in [7, 11) is 0. The molecule has 4 heteroatoms. The van der Waals surface area contributed by atoms with Crippen molar-refractivity contribution in [3.05, 3.63) is 41.0 Å². The molecule has 0 saturated heterocycles. The van der Waals surface area contributed by atoms with Crippen LogP contribution < -0.4 is 5.32 Å². The maximum absolute atomic E-state index is 13.7. The zero-order chi connectivity index (χ0) is 13.9. The van der Waals surface area contributed by atoms with Gasteiger partial charge in [0.05, 0.1) is 11.6 Å². The fourth-order valence-corrected chi connectivity index (χ4v) is 6.74. The average molecular weight is 282 g/mol. The Hall–Kier alpha value is -1.71. The molecule has 0 radical (unpaired) electrons. The highest BCUT2D eigenvalue weighted by Gasteiger charge is 2.75. The number of pyridine rings is 1. The lowest BCUT2D eigenvalue weighted by Crippen LogP contribution is -2.38. The number of nitrogens with one attached hydrogen (secondary N) is 1. The summed E-state index contributed by atoms with van der Waals surface area (Å²) in [6.07, 6.45) is 4.03. The van der Waals surface area contributed by atoms with E-state index in [1.54, 1.807) is 17.2 Å². The maximum atomic E-state index is 13.7. The van der Waals surface area contributed by atoms with Gasteiger partial charge in [0.25, 0.3) is 5.91 Å². The molecule has 1 aromatic heterocycles. The van der Waals surface area contributed by atoms with E-state index in [2.05, 4.69) is 10.3 Å². The van der Waals surface area contributed by atoms with Crippen molar-refractivity contribution < 1.29 is 9.18 Å². The molecule has 4 saturated carbocycles. The van der Waals surface area contributed by atoms with Crippen molar-refractivity contribution in [2.45, 2.75) is 18.9 Å². The summed E-state index contributed by atoms with van der Waals surface area (Å²) in [5, 5.41) is 3.14. The van der Waals surface area contributed by atoms with Crippen molar-refractivity contribution in [2.24, 2.45) is 35.5 Å². The number of hydrogen-bond acceptors (Lipinski definition) is 2. The van der Waals surface area contributed by atoms with E-state index in [-0.39, 0.29) is 17.5 Å². The molecule has 7 atom stereocenters. The van der Waals surface area contributed by atoms with Crippen LogP contribution in [0.4, 0.5) is 4.39 Å². The van der Waals surface area contributed by atoms with E-state index in [0.717, 1.165) is 29.6 Å². The number of halogens is 1. The summed E-state index contributed by atoms with van der Waals surface area (Å²) in [4.78, 5) is 16.0. The second kappa shape index (κ2) is 3.21. The van der Waals surface area contributed by atoms with E-state index in [1.165, 1.54) is 25.1 Å². The number of nitrogens with zero attached hydrogens (tertiary/aromatic N) is 1. The van der Waals surface area contributed by atoms with Crippen molar-refractivity contribution in [3.8, 4) is 0 Å². The highest BCUT2D eigenvalue weighted by Crippen LogP contribution is 2.80. The predicted molar refractivity (Wildman–Crippen MR) is 72.6 cm³/mol. The Bertz CT molecular complexity index is 742. The summed E-state index contributed by atoms with van der Waals surface area (Å²) in [5.41, 5.74) is 3.29. The van der Waals surface area contributed by atoms with Gasteiger partial charge < -0.3 is 5.32 Å². The van der Waals surface area contributed by atoms with Crippen molar-refractivity contribution >= 4 is 5.91 Å². The largest absolute Gasteiger partial charge is 0.345 e. The van der Waals surface area contributed by atoms with Gasteiger partial charge in [-0.15, -0.1) is 0 Å². The van der Waals surface area contributed by atoms with Gasteiger partial charge in [0.1, 0.15) is 0 Å². The van der Waals surface area contributed by atoms with Gasteiger partial charge in [-0.25, -0.2) is 4.98 Å². The third kappa shape index (κ3) is 1.01. The molecule has 0 aliphatic heterocycles. The first-order valence-corrected chi connectivity index (χ1v) is 7.90.